The number of rotatable bonds is 3. The minimum Gasteiger partial charge on any atom is -0.591 e. The molecule has 0 aliphatic carbocycles. The van der Waals surface area contributed by atoms with Gasteiger partial charge in [0, 0.05) is 21.3 Å². The van der Waals surface area contributed by atoms with E-state index in [4.69, 9.17) is 5.73 Å². The first-order chi connectivity index (χ1) is 10.3. The Morgan fingerprint density at radius 1 is 1.14 bits per heavy atom. The van der Waals surface area contributed by atoms with E-state index in [2.05, 4.69) is 20.3 Å². The number of hydrogen-bond donors (Lipinski definition) is 1. The van der Waals surface area contributed by atoms with Gasteiger partial charge in [-0.2, -0.15) is 0 Å². The average molecular weight is 379 g/mol. The van der Waals surface area contributed by atoms with Crippen molar-refractivity contribution < 1.29 is 4.55 Å². The lowest BCUT2D eigenvalue weighted by molar-refractivity contribution is 0.561. The number of hydrogen-bond acceptors (Lipinski definition) is 3. The van der Waals surface area contributed by atoms with Gasteiger partial charge >= 0.3 is 0 Å². The molecular weight excluding hydrogens is 360 g/mol. The van der Waals surface area contributed by atoms with Crippen molar-refractivity contribution >= 4 is 38.7 Å². The lowest BCUT2D eigenvalue weighted by Gasteiger charge is -2.20. The Hall–Kier alpha value is -1.30. The van der Waals surface area contributed by atoms with E-state index in [0.29, 0.717) is 11.4 Å². The van der Waals surface area contributed by atoms with Crippen LogP contribution in [0.1, 0.15) is 31.9 Å². The Kier molecular flexibility index (Phi) is 5.32. The largest absolute Gasteiger partial charge is 0.591 e. The maximum absolute atomic E-state index is 12.5. The number of nitrogens with two attached hydrogens (primary N) is 1. The van der Waals surface area contributed by atoms with E-state index in [1.807, 2.05) is 69.3 Å². The average Bonchev–Trinajstić information content (AvgIpc) is 2.47. The maximum atomic E-state index is 12.5. The monoisotopic (exact) mass is 378 g/mol. The first-order valence-electron chi connectivity index (χ1n) is 6.90. The van der Waals surface area contributed by atoms with Crippen LogP contribution in [-0.2, 0) is 11.4 Å². The molecule has 2 N–H and O–H groups in total. The van der Waals surface area contributed by atoms with Crippen molar-refractivity contribution in [2.24, 2.45) is 4.40 Å². The molecule has 5 heteroatoms. The van der Waals surface area contributed by atoms with Crippen molar-refractivity contribution in [1.82, 2.24) is 0 Å². The summed E-state index contributed by atoms with van der Waals surface area (Å²) in [6.45, 7) is 5.71. The van der Waals surface area contributed by atoms with E-state index in [0.717, 1.165) is 15.6 Å². The summed E-state index contributed by atoms with van der Waals surface area (Å²) in [5.41, 5.74) is 9.04. The molecule has 0 saturated carbocycles. The molecule has 0 heterocycles. The second-order valence-corrected chi connectivity index (χ2v) is 8.72. The quantitative estimate of drug-likeness (QED) is 0.490. The Labute approximate surface area is 143 Å². The lowest BCUT2D eigenvalue weighted by Crippen LogP contribution is -2.27. The molecule has 0 aliphatic rings. The van der Waals surface area contributed by atoms with E-state index >= 15 is 0 Å². The summed E-state index contributed by atoms with van der Waals surface area (Å²) in [5.74, 6) is 0. The topological polar surface area (TPSA) is 61.4 Å². The zero-order valence-corrected chi connectivity index (χ0v) is 15.2. The number of nitrogen functional groups attached to an aromatic ring is 1. The van der Waals surface area contributed by atoms with Crippen molar-refractivity contribution in [2.45, 2.75) is 25.5 Å². The molecule has 116 valence electrons. The Balaban J connectivity index is 2.61. The highest BCUT2D eigenvalue weighted by atomic mass is 79.9. The van der Waals surface area contributed by atoms with Crippen molar-refractivity contribution in [2.75, 3.05) is 5.73 Å². The fourth-order valence-electron chi connectivity index (χ4n) is 1.81. The zero-order chi connectivity index (χ0) is 16.3. The van der Waals surface area contributed by atoms with Crippen LogP contribution in [0.2, 0.25) is 0 Å². The van der Waals surface area contributed by atoms with Crippen LogP contribution in [0.15, 0.2) is 57.4 Å². The minimum absolute atomic E-state index is 0.430. The van der Waals surface area contributed by atoms with Gasteiger partial charge in [0.2, 0.25) is 0 Å². The fourth-order valence-corrected chi connectivity index (χ4v) is 2.81. The molecule has 3 nitrogen and oxygen atoms in total. The number of halogens is 1. The normalized spacial score (nSPS) is 14.0. The summed E-state index contributed by atoms with van der Waals surface area (Å²) in [4.78, 5) is 0. The molecule has 2 aromatic rings. The summed E-state index contributed by atoms with van der Waals surface area (Å²) >= 11 is 2.09. The summed E-state index contributed by atoms with van der Waals surface area (Å²) < 4.78 is 17.4. The van der Waals surface area contributed by atoms with Gasteiger partial charge < -0.3 is 10.3 Å². The molecular formula is C17H19BrN2OS. The van der Waals surface area contributed by atoms with E-state index in [1.165, 1.54) is 0 Å². The van der Waals surface area contributed by atoms with Crippen LogP contribution in [0.3, 0.4) is 0 Å². The van der Waals surface area contributed by atoms with Gasteiger partial charge in [-0.3, -0.25) is 0 Å². The number of anilines is 1. The van der Waals surface area contributed by atoms with Gasteiger partial charge in [-0.1, -0.05) is 50.7 Å². The van der Waals surface area contributed by atoms with Gasteiger partial charge in [0.25, 0.3) is 0 Å². The van der Waals surface area contributed by atoms with Crippen LogP contribution >= 0.6 is 15.9 Å². The van der Waals surface area contributed by atoms with Crippen LogP contribution in [-0.4, -0.2) is 15.0 Å². The van der Waals surface area contributed by atoms with Crippen LogP contribution in [0, 0.1) is 0 Å². The standard InChI is InChI=1S/C17H19BrN2OS/c1-17(2,3)22(21)20-16(12-7-5-4-6-8-12)14-11-13(18)9-10-15(14)19/h4-11H,19H2,1-3H3/b20-16+. The van der Waals surface area contributed by atoms with Gasteiger partial charge in [0.1, 0.15) is 21.8 Å². The molecule has 1 atom stereocenters. The molecule has 0 spiro atoms. The summed E-state index contributed by atoms with van der Waals surface area (Å²) in [5, 5.41) is 0. The minimum atomic E-state index is -1.37. The van der Waals surface area contributed by atoms with E-state index in [1.54, 1.807) is 0 Å². The van der Waals surface area contributed by atoms with Gasteiger partial charge in [0.15, 0.2) is 0 Å². The molecule has 0 aromatic heterocycles. The van der Waals surface area contributed by atoms with Crippen LogP contribution in [0.4, 0.5) is 5.69 Å². The Morgan fingerprint density at radius 2 is 1.77 bits per heavy atom. The van der Waals surface area contributed by atoms with E-state index in [9.17, 15) is 4.55 Å². The molecule has 0 saturated heterocycles. The highest BCUT2D eigenvalue weighted by Crippen LogP contribution is 2.25. The predicted molar refractivity (Wildman–Crippen MR) is 98.5 cm³/mol. The van der Waals surface area contributed by atoms with Crippen molar-refractivity contribution in [3.63, 3.8) is 0 Å². The molecule has 0 aliphatic heterocycles. The van der Waals surface area contributed by atoms with Crippen LogP contribution in [0.5, 0.6) is 0 Å². The van der Waals surface area contributed by atoms with E-state index < -0.39 is 16.1 Å². The SMILES string of the molecule is CC(C)(C)[S+]([O-])/N=C(\c1ccccc1)c1cc(Br)ccc1N. The third-order valence-electron chi connectivity index (χ3n) is 3.02. The third kappa shape index (κ3) is 4.12. The van der Waals surface area contributed by atoms with Gasteiger partial charge in [-0.25, -0.2) is 0 Å². The highest BCUT2D eigenvalue weighted by Gasteiger charge is 2.28. The van der Waals surface area contributed by atoms with Gasteiger partial charge in [0.05, 0.1) is 0 Å². The van der Waals surface area contributed by atoms with Crippen molar-refractivity contribution in [1.29, 1.82) is 0 Å². The first kappa shape index (κ1) is 17.1. The van der Waals surface area contributed by atoms with Crippen LogP contribution in [0.25, 0.3) is 0 Å². The molecule has 0 bridgehead atoms. The second-order valence-electron chi connectivity index (χ2n) is 5.90. The van der Waals surface area contributed by atoms with Crippen molar-refractivity contribution in [3.8, 4) is 0 Å². The van der Waals surface area contributed by atoms with Gasteiger partial charge in [-0.15, -0.1) is 0 Å². The molecule has 0 radical (unpaired) electrons. The maximum Gasteiger partial charge on any atom is 0.144 e. The zero-order valence-electron chi connectivity index (χ0n) is 12.8. The molecule has 22 heavy (non-hydrogen) atoms. The summed E-state index contributed by atoms with van der Waals surface area (Å²) in [6.07, 6.45) is 0. The molecule has 2 rings (SSSR count). The third-order valence-corrected chi connectivity index (χ3v) is 4.91. The number of nitrogens with zero attached hydrogens (tertiary/aromatic N) is 1. The van der Waals surface area contributed by atoms with Crippen LogP contribution < -0.4 is 5.73 Å². The van der Waals surface area contributed by atoms with Crippen molar-refractivity contribution in [3.05, 3.63) is 64.1 Å². The first-order valence-corrected chi connectivity index (χ1v) is 8.80. The summed E-state index contributed by atoms with van der Waals surface area (Å²) in [7, 11) is 0. The lowest BCUT2D eigenvalue weighted by atomic mass is 10.0. The Morgan fingerprint density at radius 3 is 2.36 bits per heavy atom. The van der Waals surface area contributed by atoms with Gasteiger partial charge in [-0.05, 0) is 39.0 Å². The smallest absolute Gasteiger partial charge is 0.144 e. The highest BCUT2D eigenvalue weighted by molar-refractivity contribution is 9.10. The predicted octanol–water partition coefficient (Wildman–Crippen LogP) is 4.33. The molecule has 1 unspecified atom stereocenters. The molecule has 0 amide bonds. The molecule has 2 aromatic carbocycles. The number of benzene rings is 2. The van der Waals surface area contributed by atoms with E-state index in [-0.39, 0.29) is 0 Å². The molecule has 0 fully saturated rings. The second kappa shape index (κ2) is 6.86. The fraction of sp³-hybridized carbons (Fsp3) is 0.235. The summed E-state index contributed by atoms with van der Waals surface area (Å²) in [6, 6.07) is 15.3. The Bertz CT molecular complexity index is 681.